The first-order valence-electron chi connectivity index (χ1n) is 30.0. The number of hydrogen-bond acceptors (Lipinski definition) is 22. The first-order chi connectivity index (χ1) is 51.4. The van der Waals surface area contributed by atoms with Gasteiger partial charge in [0.05, 0.1) is 58.2 Å². The zero-order valence-corrected chi connectivity index (χ0v) is 61.6. The van der Waals surface area contributed by atoms with Gasteiger partial charge in [-0.25, -0.2) is 64.6 Å². The number of halogens is 16. The lowest BCUT2D eigenvalue weighted by molar-refractivity contribution is -0.138. The van der Waals surface area contributed by atoms with E-state index >= 15 is 8.78 Å². The van der Waals surface area contributed by atoms with E-state index in [1.807, 2.05) is 4.72 Å². The molecule has 44 heteroatoms. The van der Waals surface area contributed by atoms with Crippen molar-refractivity contribution in [3.05, 3.63) is 229 Å². The standard InChI is InChI=1S/C25H20F5N3O5S2.C17H14F3N3O4S2.C16H10F5N3O3S2.C8H7F3O/c1-14-6-16(25(28,29)30)8-18(7-14)38-22-10-20(27)23(11-19(22)26)40(34,35)33(24-32-31-13-39-24)12-15-4-5-17(36-2)9-21(15)37-3;1-26-11-4-3-10(15(5-11)27-2)8-23(17-22-21-9-28-17)29(24,25)16-7-13(19)12(18)6-14(16)20;1-8-2-9(16(19,20)21)4-10(3-8)27-13-5-12(18)14(6-11(13)17)29(25,26)24-15-23-22-7-28-15;1-5-2-6(8(9,10)11)4-7(12)3-5/h4-11,13H,12H2,1-3H3;3-7,9H,8H2,1-2H3;2-7H,1H3,(H,23,24);2-4,12H,1H3. The summed E-state index contributed by atoms with van der Waals surface area (Å²) in [6.07, 6.45) is -13.8. The van der Waals surface area contributed by atoms with Crippen molar-refractivity contribution in [1.82, 2.24) is 30.6 Å². The van der Waals surface area contributed by atoms with E-state index in [1.54, 1.807) is 24.3 Å². The molecule has 0 saturated carbocycles. The van der Waals surface area contributed by atoms with Gasteiger partial charge >= 0.3 is 18.5 Å². The van der Waals surface area contributed by atoms with Crippen LogP contribution in [0.1, 0.15) is 44.5 Å². The fourth-order valence-electron chi connectivity index (χ4n) is 9.37. The number of phenolic OH excluding ortho intramolecular Hbond substituents is 1. The Bertz CT molecular complexity index is 5430. The van der Waals surface area contributed by atoms with Gasteiger partial charge in [0.25, 0.3) is 30.1 Å². The highest BCUT2D eigenvalue weighted by Gasteiger charge is 2.37. The number of phenols is 1. The van der Waals surface area contributed by atoms with Crippen molar-refractivity contribution in [3.63, 3.8) is 0 Å². The molecule has 3 heterocycles. The number of rotatable bonds is 21. The first kappa shape index (κ1) is 84.8. The van der Waals surface area contributed by atoms with Crippen molar-refractivity contribution in [3.8, 4) is 51.7 Å². The second-order valence-corrected chi connectivity index (χ2v) is 29.9. The highest BCUT2D eigenvalue weighted by atomic mass is 32.2. The summed E-state index contributed by atoms with van der Waals surface area (Å²) in [5.41, 5.74) is 2.34. The third-order valence-electron chi connectivity index (χ3n) is 14.3. The van der Waals surface area contributed by atoms with E-state index in [0.29, 0.717) is 82.5 Å². The normalized spacial score (nSPS) is 11.7. The topological polar surface area (TPSA) is 274 Å². The van der Waals surface area contributed by atoms with E-state index in [1.165, 1.54) is 96.1 Å². The van der Waals surface area contributed by atoms with Crippen molar-refractivity contribution in [1.29, 1.82) is 0 Å². The van der Waals surface area contributed by atoms with Gasteiger partial charge in [0.15, 0.2) is 34.8 Å². The van der Waals surface area contributed by atoms with Crippen molar-refractivity contribution < 1.29 is 129 Å². The van der Waals surface area contributed by atoms with E-state index in [2.05, 4.69) is 30.6 Å². The van der Waals surface area contributed by atoms with Crippen LogP contribution in [0.2, 0.25) is 0 Å². The van der Waals surface area contributed by atoms with E-state index in [9.17, 15) is 86.7 Å². The lowest BCUT2D eigenvalue weighted by atomic mass is 10.1. The van der Waals surface area contributed by atoms with Crippen LogP contribution in [0.25, 0.3) is 0 Å². The molecule has 0 fully saturated rings. The van der Waals surface area contributed by atoms with Gasteiger partial charge in [-0.3, -0.25) is 4.72 Å². The predicted octanol–water partition coefficient (Wildman–Crippen LogP) is 17.2. The summed E-state index contributed by atoms with van der Waals surface area (Å²) in [5, 5.41) is 30.0. The Kier molecular flexibility index (Phi) is 26.8. The number of ether oxygens (including phenoxy) is 6. The molecule has 110 heavy (non-hydrogen) atoms. The Balaban J connectivity index is 0.000000195. The highest BCUT2D eigenvalue weighted by Crippen LogP contribution is 2.41. The Labute approximate surface area is 625 Å². The molecule has 0 saturated heterocycles. The molecule has 11 aromatic rings. The molecular weight excluding hydrogens is 1620 g/mol. The van der Waals surface area contributed by atoms with E-state index in [0.717, 1.165) is 60.8 Å². The van der Waals surface area contributed by atoms with Gasteiger partial charge in [0, 0.05) is 59.7 Å². The smallest absolute Gasteiger partial charge is 0.416 e. The number of nitrogens with zero attached hydrogens (tertiary/aromatic N) is 8. The number of aromatic nitrogens is 6. The van der Waals surface area contributed by atoms with Crippen LogP contribution in [-0.2, 0) is 61.7 Å². The summed E-state index contributed by atoms with van der Waals surface area (Å²) in [7, 11) is -8.34. The molecule has 0 aliphatic carbocycles. The molecule has 0 amide bonds. The maximum Gasteiger partial charge on any atom is 0.416 e. The summed E-state index contributed by atoms with van der Waals surface area (Å²) in [4.78, 5) is -3.11. The van der Waals surface area contributed by atoms with Gasteiger partial charge in [0.2, 0.25) is 15.4 Å². The number of methoxy groups -OCH3 is 4. The maximum atomic E-state index is 15.3. The summed E-state index contributed by atoms with van der Waals surface area (Å²) >= 11 is 2.53. The Morgan fingerprint density at radius 1 is 0.400 bits per heavy atom. The average molecular weight is 1670 g/mol. The molecule has 0 aliphatic heterocycles. The Morgan fingerprint density at radius 3 is 1.15 bits per heavy atom. The minimum absolute atomic E-state index is 0.0907. The second-order valence-electron chi connectivity index (χ2n) is 22.1. The van der Waals surface area contributed by atoms with Crippen LogP contribution in [0.15, 0.2) is 159 Å². The molecule has 11 rings (SSSR count). The SMILES string of the molecule is COc1ccc(CN(c2nncs2)S(=O)(=O)c2cc(F)c(F)cc2F)c(OC)c1.COc1ccc(CN(c2nncs2)S(=O)(=O)c2cc(F)c(Oc3cc(C)cc(C(F)(F)F)c3)cc2F)c(OC)c1.Cc1cc(O)cc(C(F)(F)F)c1.Cc1cc(Oc2cc(F)c(S(=O)(=O)Nc3nncs3)cc2F)cc(C(F)(F)F)c1. The zero-order chi connectivity index (χ0) is 81.2. The molecule has 22 nitrogen and oxygen atoms in total. The van der Waals surface area contributed by atoms with Crippen molar-refractivity contribution >= 4 is 79.5 Å². The van der Waals surface area contributed by atoms with Crippen LogP contribution >= 0.6 is 34.0 Å². The highest BCUT2D eigenvalue weighted by molar-refractivity contribution is 7.93. The van der Waals surface area contributed by atoms with Crippen LogP contribution in [0.4, 0.5) is 85.6 Å². The predicted molar refractivity (Wildman–Crippen MR) is 366 cm³/mol. The molecule has 0 unspecified atom stereocenters. The molecule has 586 valence electrons. The molecule has 0 atom stereocenters. The second kappa shape index (κ2) is 34.8. The minimum Gasteiger partial charge on any atom is -0.508 e. The molecule has 0 radical (unpaired) electrons. The van der Waals surface area contributed by atoms with Gasteiger partial charge in [-0.2, -0.15) is 39.5 Å². The summed E-state index contributed by atoms with van der Waals surface area (Å²) in [6.45, 7) is 3.51. The number of nitrogens with one attached hydrogen (secondary N) is 1. The number of alkyl halides is 9. The molecule has 3 aromatic heterocycles. The number of aromatic hydroxyl groups is 1. The van der Waals surface area contributed by atoms with E-state index in [-0.39, 0.29) is 50.6 Å². The molecule has 8 aromatic carbocycles. The Morgan fingerprint density at radius 2 is 0.773 bits per heavy atom. The number of aryl methyl sites for hydroxylation is 3. The van der Waals surface area contributed by atoms with Gasteiger partial charge in [0.1, 0.15) is 88.9 Å². The number of anilines is 3. The van der Waals surface area contributed by atoms with Crippen LogP contribution < -0.4 is 41.8 Å². The van der Waals surface area contributed by atoms with Crippen LogP contribution in [0.3, 0.4) is 0 Å². The third kappa shape index (κ3) is 21.3. The molecule has 2 N–H and O–H groups in total. The maximum absolute atomic E-state index is 15.3. The van der Waals surface area contributed by atoms with Gasteiger partial charge in [-0.15, -0.1) is 30.6 Å². The zero-order valence-electron chi connectivity index (χ0n) is 56.7. The van der Waals surface area contributed by atoms with Gasteiger partial charge < -0.3 is 33.5 Å². The minimum atomic E-state index is -4.80. The van der Waals surface area contributed by atoms with E-state index < -0.39 is 150 Å². The Hall–Kier alpha value is -10.8. The lowest BCUT2D eigenvalue weighted by Gasteiger charge is -2.23. The monoisotopic (exact) mass is 1670 g/mol. The summed E-state index contributed by atoms with van der Waals surface area (Å²) in [5.74, 6) is -11.1. The van der Waals surface area contributed by atoms with Crippen LogP contribution in [-0.4, -0.2) is 89.4 Å². The molecule has 0 spiro atoms. The fraction of sp³-hybridized carbons (Fsp3) is 0.182. The number of hydrogen-bond donors (Lipinski definition) is 2. The quantitative estimate of drug-likeness (QED) is 0.0499. The lowest BCUT2D eigenvalue weighted by Crippen LogP contribution is -2.31. The van der Waals surface area contributed by atoms with Crippen molar-refractivity contribution in [2.45, 2.75) is 67.1 Å². The molecular formula is C66H51F16N9O13S6. The first-order valence-corrected chi connectivity index (χ1v) is 37.0. The average Bonchev–Trinajstić information content (AvgIpc) is 1.12. The summed E-state index contributed by atoms with van der Waals surface area (Å²) < 4.78 is 327. The van der Waals surface area contributed by atoms with Crippen LogP contribution in [0.5, 0.6) is 51.7 Å². The molecule has 0 aliphatic rings. The number of sulfonamides is 3. The van der Waals surface area contributed by atoms with Crippen molar-refractivity contribution in [2.24, 2.45) is 0 Å². The third-order valence-corrected chi connectivity index (χ3v) is 21.5. The molecule has 0 bridgehead atoms. The fourth-order valence-corrected chi connectivity index (χ4v) is 15.6. The van der Waals surface area contributed by atoms with Gasteiger partial charge in [-0.1, -0.05) is 34.0 Å². The van der Waals surface area contributed by atoms with E-state index in [4.69, 9.17) is 33.5 Å². The largest absolute Gasteiger partial charge is 0.508 e. The van der Waals surface area contributed by atoms with Crippen LogP contribution in [0, 0.1) is 61.5 Å². The van der Waals surface area contributed by atoms with Gasteiger partial charge in [-0.05, 0) is 116 Å². The summed E-state index contributed by atoms with van der Waals surface area (Å²) in [6, 6.07) is 19.7. The number of benzene rings is 8. The van der Waals surface area contributed by atoms with Crippen molar-refractivity contribution in [2.75, 3.05) is 41.8 Å².